The summed E-state index contributed by atoms with van der Waals surface area (Å²) in [6, 6.07) is 16.0. The topological polar surface area (TPSA) is 73.3 Å². The number of nitrogen functional groups attached to an aromatic ring is 1. The zero-order valence-electron chi connectivity index (χ0n) is 12.4. The van der Waals surface area contributed by atoms with Crippen LogP contribution < -0.4 is 21.5 Å². The lowest BCUT2D eigenvalue weighted by Crippen LogP contribution is -2.28. The molecule has 4 heteroatoms. The third-order valence-corrected chi connectivity index (χ3v) is 3.48. The highest BCUT2D eigenvalue weighted by atomic mass is 16.5. The van der Waals surface area contributed by atoms with Crippen molar-refractivity contribution >= 4 is 5.69 Å². The SMILES string of the molecule is COc1ccc(C(N)CNCCc2ccccc2)cc1N. The fraction of sp³-hybridized carbons (Fsp3) is 0.294. The second-order valence-corrected chi connectivity index (χ2v) is 5.05. The molecule has 0 radical (unpaired) electrons. The van der Waals surface area contributed by atoms with Gasteiger partial charge in [0.25, 0.3) is 0 Å². The number of hydrogen-bond donors (Lipinski definition) is 3. The number of nitrogens with two attached hydrogens (primary N) is 2. The minimum absolute atomic E-state index is 0.0750. The fourth-order valence-corrected chi connectivity index (χ4v) is 2.24. The van der Waals surface area contributed by atoms with E-state index in [4.69, 9.17) is 16.2 Å². The Hall–Kier alpha value is -2.04. The second-order valence-electron chi connectivity index (χ2n) is 5.05. The van der Waals surface area contributed by atoms with Gasteiger partial charge in [0.2, 0.25) is 0 Å². The molecule has 0 aromatic heterocycles. The van der Waals surface area contributed by atoms with E-state index in [2.05, 4.69) is 29.6 Å². The van der Waals surface area contributed by atoms with Crippen LogP contribution in [-0.2, 0) is 6.42 Å². The first kappa shape index (κ1) is 15.4. The third kappa shape index (κ3) is 4.48. The molecule has 0 amide bonds. The molecule has 0 fully saturated rings. The van der Waals surface area contributed by atoms with Crippen molar-refractivity contribution in [1.82, 2.24) is 5.32 Å². The van der Waals surface area contributed by atoms with Gasteiger partial charge in [0.1, 0.15) is 5.75 Å². The molecule has 0 aliphatic rings. The quantitative estimate of drug-likeness (QED) is 0.538. The number of methoxy groups -OCH3 is 1. The Bertz CT molecular complexity index is 557. The van der Waals surface area contributed by atoms with Crippen molar-refractivity contribution in [3.63, 3.8) is 0 Å². The molecular weight excluding hydrogens is 262 g/mol. The van der Waals surface area contributed by atoms with Gasteiger partial charge in [-0.3, -0.25) is 0 Å². The number of benzene rings is 2. The van der Waals surface area contributed by atoms with Crippen molar-refractivity contribution in [2.24, 2.45) is 5.73 Å². The molecule has 2 aromatic rings. The third-order valence-electron chi connectivity index (χ3n) is 3.48. The zero-order chi connectivity index (χ0) is 15.1. The summed E-state index contributed by atoms with van der Waals surface area (Å²) in [7, 11) is 1.61. The second kappa shape index (κ2) is 7.67. The summed E-state index contributed by atoms with van der Waals surface area (Å²) in [5.41, 5.74) is 15.0. The Morgan fingerprint density at radius 1 is 1.14 bits per heavy atom. The molecule has 0 saturated carbocycles. The van der Waals surface area contributed by atoms with Gasteiger partial charge in [-0.1, -0.05) is 36.4 Å². The van der Waals surface area contributed by atoms with Gasteiger partial charge < -0.3 is 21.5 Å². The highest BCUT2D eigenvalue weighted by Crippen LogP contribution is 2.24. The van der Waals surface area contributed by atoms with Crippen LogP contribution in [0.1, 0.15) is 17.2 Å². The Morgan fingerprint density at radius 3 is 2.57 bits per heavy atom. The number of ether oxygens (including phenoxy) is 1. The lowest BCUT2D eigenvalue weighted by molar-refractivity contribution is 0.416. The van der Waals surface area contributed by atoms with E-state index in [9.17, 15) is 0 Å². The van der Waals surface area contributed by atoms with E-state index in [1.807, 2.05) is 24.3 Å². The standard InChI is InChI=1S/C17H23N3O/c1-21-17-8-7-14(11-15(17)18)16(19)12-20-10-9-13-5-3-2-4-6-13/h2-8,11,16,20H,9-10,12,18-19H2,1H3. The van der Waals surface area contributed by atoms with Crippen molar-refractivity contribution in [1.29, 1.82) is 0 Å². The molecule has 2 rings (SSSR count). The smallest absolute Gasteiger partial charge is 0.141 e. The van der Waals surface area contributed by atoms with Crippen LogP contribution in [0, 0.1) is 0 Å². The van der Waals surface area contributed by atoms with Crippen LogP contribution >= 0.6 is 0 Å². The normalized spacial score (nSPS) is 12.1. The first-order valence-corrected chi connectivity index (χ1v) is 7.14. The molecule has 0 saturated heterocycles. The summed E-state index contributed by atoms with van der Waals surface area (Å²) in [5.74, 6) is 0.683. The van der Waals surface area contributed by atoms with E-state index >= 15 is 0 Å². The van der Waals surface area contributed by atoms with Gasteiger partial charge in [-0.15, -0.1) is 0 Å². The summed E-state index contributed by atoms with van der Waals surface area (Å²) in [4.78, 5) is 0. The van der Waals surface area contributed by atoms with Gasteiger partial charge in [-0.25, -0.2) is 0 Å². The number of anilines is 1. The summed E-state index contributed by atoms with van der Waals surface area (Å²) in [5, 5.41) is 3.38. The summed E-state index contributed by atoms with van der Waals surface area (Å²) in [6.45, 7) is 1.63. The molecular formula is C17H23N3O. The maximum atomic E-state index is 6.18. The molecule has 2 aromatic carbocycles. The van der Waals surface area contributed by atoms with Crippen LogP contribution in [0.3, 0.4) is 0 Å². The predicted octanol–water partition coefficient (Wildman–Crippen LogP) is 2.11. The van der Waals surface area contributed by atoms with Gasteiger partial charge >= 0.3 is 0 Å². The first-order chi connectivity index (χ1) is 10.2. The van der Waals surface area contributed by atoms with E-state index in [0.29, 0.717) is 11.4 Å². The van der Waals surface area contributed by atoms with Gasteiger partial charge in [-0.05, 0) is 36.2 Å². The van der Waals surface area contributed by atoms with Crippen LogP contribution in [-0.4, -0.2) is 20.2 Å². The van der Waals surface area contributed by atoms with E-state index in [1.54, 1.807) is 7.11 Å². The molecule has 0 bridgehead atoms. The van der Waals surface area contributed by atoms with Gasteiger partial charge in [0, 0.05) is 12.6 Å². The molecule has 0 aliphatic heterocycles. The lowest BCUT2D eigenvalue weighted by Gasteiger charge is -2.15. The minimum atomic E-state index is -0.0750. The Kier molecular flexibility index (Phi) is 5.60. The van der Waals surface area contributed by atoms with Crippen molar-refractivity contribution < 1.29 is 4.74 Å². The monoisotopic (exact) mass is 285 g/mol. The van der Waals surface area contributed by atoms with Crippen LogP contribution in [0.5, 0.6) is 5.75 Å². The van der Waals surface area contributed by atoms with E-state index in [-0.39, 0.29) is 6.04 Å². The highest BCUT2D eigenvalue weighted by molar-refractivity contribution is 5.54. The Labute approximate surface area is 126 Å². The molecule has 21 heavy (non-hydrogen) atoms. The van der Waals surface area contributed by atoms with Gasteiger partial charge in [-0.2, -0.15) is 0 Å². The Morgan fingerprint density at radius 2 is 1.90 bits per heavy atom. The highest BCUT2D eigenvalue weighted by Gasteiger charge is 2.08. The van der Waals surface area contributed by atoms with Crippen molar-refractivity contribution in [3.05, 3.63) is 59.7 Å². The maximum absolute atomic E-state index is 6.18. The zero-order valence-corrected chi connectivity index (χ0v) is 12.4. The van der Waals surface area contributed by atoms with Crippen LogP contribution in [0.2, 0.25) is 0 Å². The largest absolute Gasteiger partial charge is 0.495 e. The maximum Gasteiger partial charge on any atom is 0.141 e. The van der Waals surface area contributed by atoms with Gasteiger partial charge in [0.05, 0.1) is 12.8 Å². The first-order valence-electron chi connectivity index (χ1n) is 7.14. The van der Waals surface area contributed by atoms with Crippen molar-refractivity contribution in [2.75, 3.05) is 25.9 Å². The molecule has 0 aliphatic carbocycles. The average Bonchev–Trinajstić information content (AvgIpc) is 2.52. The van der Waals surface area contributed by atoms with E-state index in [1.165, 1.54) is 5.56 Å². The minimum Gasteiger partial charge on any atom is -0.495 e. The number of nitrogens with one attached hydrogen (secondary N) is 1. The van der Waals surface area contributed by atoms with E-state index in [0.717, 1.165) is 25.1 Å². The predicted molar refractivity (Wildman–Crippen MR) is 87.4 cm³/mol. The molecule has 5 N–H and O–H groups in total. The lowest BCUT2D eigenvalue weighted by atomic mass is 10.1. The molecule has 4 nitrogen and oxygen atoms in total. The van der Waals surface area contributed by atoms with Crippen LogP contribution in [0.15, 0.2) is 48.5 Å². The summed E-state index contributed by atoms with van der Waals surface area (Å²) >= 11 is 0. The Balaban J connectivity index is 1.79. The van der Waals surface area contributed by atoms with Crippen LogP contribution in [0.25, 0.3) is 0 Å². The number of rotatable bonds is 7. The van der Waals surface area contributed by atoms with Gasteiger partial charge in [0.15, 0.2) is 0 Å². The fourth-order valence-electron chi connectivity index (χ4n) is 2.24. The van der Waals surface area contributed by atoms with Crippen molar-refractivity contribution in [2.45, 2.75) is 12.5 Å². The molecule has 0 spiro atoms. The summed E-state index contributed by atoms with van der Waals surface area (Å²) < 4.78 is 5.15. The molecule has 0 heterocycles. The molecule has 112 valence electrons. The van der Waals surface area contributed by atoms with Crippen molar-refractivity contribution in [3.8, 4) is 5.75 Å². The van der Waals surface area contributed by atoms with Crippen LogP contribution in [0.4, 0.5) is 5.69 Å². The average molecular weight is 285 g/mol. The molecule has 1 atom stereocenters. The molecule has 1 unspecified atom stereocenters. The summed E-state index contributed by atoms with van der Waals surface area (Å²) in [6.07, 6.45) is 0.998. The number of hydrogen-bond acceptors (Lipinski definition) is 4. The van der Waals surface area contributed by atoms with E-state index < -0.39 is 0 Å².